The van der Waals surface area contributed by atoms with Gasteiger partial charge >= 0.3 is 0 Å². The normalized spacial score (nSPS) is 22.9. The van der Waals surface area contributed by atoms with E-state index in [0.29, 0.717) is 17.0 Å². The molecule has 1 amide bonds. The predicted molar refractivity (Wildman–Crippen MR) is 88.2 cm³/mol. The average Bonchev–Trinajstić information content (AvgIpc) is 2.44. The number of benzene rings is 1. The maximum Gasteiger partial charge on any atom is 0.223 e. The number of carbonyl (C=O) groups is 1. The molecule has 0 atom stereocenters. The van der Waals surface area contributed by atoms with Crippen LogP contribution in [0.1, 0.15) is 52.0 Å². The molecule has 1 N–H and O–H groups in total. The van der Waals surface area contributed by atoms with Crippen molar-refractivity contribution in [2.24, 2.45) is 17.3 Å². The van der Waals surface area contributed by atoms with Gasteiger partial charge in [-0.15, -0.1) is 0 Å². The molecule has 0 unspecified atom stereocenters. The first-order valence-corrected chi connectivity index (χ1v) is 8.26. The smallest absolute Gasteiger partial charge is 0.223 e. The molecule has 0 aromatic heterocycles. The Bertz CT molecular complexity index is 484. The minimum absolute atomic E-state index is 0.183. The number of carbonyl (C=O) groups excluding carboxylic acids is 1. The van der Waals surface area contributed by atoms with E-state index in [4.69, 9.17) is 11.6 Å². The van der Waals surface area contributed by atoms with Crippen LogP contribution in [0.4, 0.5) is 0 Å². The number of nitrogens with one attached hydrogen (secondary N) is 1. The molecule has 0 radical (unpaired) electrons. The molecule has 21 heavy (non-hydrogen) atoms. The van der Waals surface area contributed by atoms with Crippen molar-refractivity contribution in [2.45, 2.75) is 53.0 Å². The molecule has 0 aliphatic heterocycles. The van der Waals surface area contributed by atoms with Gasteiger partial charge in [-0.05, 0) is 54.7 Å². The molecular weight excluding hydrogens is 282 g/mol. The van der Waals surface area contributed by atoms with E-state index in [9.17, 15) is 4.79 Å². The van der Waals surface area contributed by atoms with E-state index >= 15 is 0 Å². The summed E-state index contributed by atoms with van der Waals surface area (Å²) < 4.78 is 0. The maximum atomic E-state index is 12.3. The molecule has 3 heteroatoms. The Morgan fingerprint density at radius 2 is 1.90 bits per heavy atom. The van der Waals surface area contributed by atoms with Crippen LogP contribution in [0.15, 0.2) is 24.3 Å². The van der Waals surface area contributed by atoms with Crippen molar-refractivity contribution >= 4 is 17.5 Å². The molecular formula is C18H26ClNO. The zero-order valence-corrected chi connectivity index (χ0v) is 14.0. The number of hydrogen-bond donors (Lipinski definition) is 1. The molecule has 1 fully saturated rings. The van der Waals surface area contributed by atoms with Crippen molar-refractivity contribution in [3.63, 3.8) is 0 Å². The van der Waals surface area contributed by atoms with Crippen LogP contribution in [0.5, 0.6) is 0 Å². The van der Waals surface area contributed by atoms with E-state index in [-0.39, 0.29) is 11.8 Å². The second-order valence-electron chi connectivity index (χ2n) is 7.26. The summed E-state index contributed by atoms with van der Waals surface area (Å²) in [5.41, 5.74) is 1.42. The van der Waals surface area contributed by atoms with Gasteiger partial charge in [-0.2, -0.15) is 0 Å². The molecule has 0 bridgehead atoms. The Balaban J connectivity index is 1.80. The van der Waals surface area contributed by atoms with Gasteiger partial charge < -0.3 is 5.32 Å². The molecule has 1 aromatic rings. The predicted octanol–water partition coefficient (Wildman–Crippen LogP) is 4.81. The number of amides is 1. The first-order valence-electron chi connectivity index (χ1n) is 7.88. The Morgan fingerprint density at radius 1 is 1.24 bits per heavy atom. The van der Waals surface area contributed by atoms with Gasteiger partial charge in [0.25, 0.3) is 0 Å². The lowest BCUT2D eigenvalue weighted by Crippen LogP contribution is -2.35. The minimum atomic E-state index is 0.183. The van der Waals surface area contributed by atoms with Gasteiger partial charge in [-0.1, -0.05) is 44.5 Å². The molecule has 2 rings (SSSR count). The Morgan fingerprint density at radius 3 is 2.48 bits per heavy atom. The van der Waals surface area contributed by atoms with Crippen LogP contribution < -0.4 is 5.32 Å². The second-order valence-corrected chi connectivity index (χ2v) is 7.70. The number of rotatable bonds is 3. The fourth-order valence-electron chi connectivity index (χ4n) is 3.20. The zero-order chi connectivity index (χ0) is 15.5. The summed E-state index contributed by atoms with van der Waals surface area (Å²) in [4.78, 5) is 12.3. The number of halogens is 1. The molecule has 0 saturated heterocycles. The van der Waals surface area contributed by atoms with Gasteiger partial charge in [0, 0.05) is 17.5 Å². The third-order valence-corrected chi connectivity index (χ3v) is 4.91. The second kappa shape index (κ2) is 6.83. The summed E-state index contributed by atoms with van der Waals surface area (Å²) in [7, 11) is 0. The number of hydrogen-bond acceptors (Lipinski definition) is 1. The van der Waals surface area contributed by atoms with E-state index in [1.54, 1.807) is 0 Å². The third kappa shape index (κ3) is 4.74. The van der Waals surface area contributed by atoms with Crippen molar-refractivity contribution in [2.75, 3.05) is 0 Å². The standard InChI is InChI=1S/C18H26ClNO/c1-18(2,3)15-9-7-14(8-10-15)17(21)20-12-13-5-4-6-16(19)11-13/h4-6,11,14-15H,7-10,12H2,1-3H3,(H,20,21). The van der Waals surface area contributed by atoms with Crippen molar-refractivity contribution in [1.29, 1.82) is 0 Å². The van der Waals surface area contributed by atoms with Crippen molar-refractivity contribution in [3.8, 4) is 0 Å². The van der Waals surface area contributed by atoms with Gasteiger partial charge in [0.05, 0.1) is 0 Å². The van der Waals surface area contributed by atoms with Gasteiger partial charge in [-0.3, -0.25) is 4.79 Å². The lowest BCUT2D eigenvalue weighted by molar-refractivity contribution is -0.126. The lowest BCUT2D eigenvalue weighted by atomic mass is 9.69. The van der Waals surface area contributed by atoms with Crippen LogP contribution in [0.3, 0.4) is 0 Å². The van der Waals surface area contributed by atoms with E-state index in [2.05, 4.69) is 26.1 Å². The van der Waals surface area contributed by atoms with E-state index in [1.165, 1.54) is 12.8 Å². The van der Waals surface area contributed by atoms with Crippen LogP contribution in [-0.4, -0.2) is 5.91 Å². The van der Waals surface area contributed by atoms with Crippen LogP contribution in [0.2, 0.25) is 5.02 Å². The quantitative estimate of drug-likeness (QED) is 0.853. The Kier molecular flexibility index (Phi) is 5.32. The molecule has 1 saturated carbocycles. The molecule has 2 nitrogen and oxygen atoms in total. The summed E-state index contributed by atoms with van der Waals surface area (Å²) in [5.74, 6) is 1.12. The zero-order valence-electron chi connectivity index (χ0n) is 13.3. The first kappa shape index (κ1) is 16.4. The van der Waals surface area contributed by atoms with Crippen LogP contribution in [0, 0.1) is 17.3 Å². The highest BCUT2D eigenvalue weighted by Gasteiger charge is 2.32. The summed E-state index contributed by atoms with van der Waals surface area (Å²) in [6.07, 6.45) is 4.37. The van der Waals surface area contributed by atoms with E-state index in [1.807, 2.05) is 24.3 Å². The first-order chi connectivity index (χ1) is 9.86. The molecule has 0 heterocycles. The van der Waals surface area contributed by atoms with E-state index < -0.39 is 0 Å². The average molecular weight is 308 g/mol. The van der Waals surface area contributed by atoms with Gasteiger partial charge in [-0.25, -0.2) is 0 Å². The highest BCUT2D eigenvalue weighted by molar-refractivity contribution is 6.30. The molecule has 1 aromatic carbocycles. The SMILES string of the molecule is CC(C)(C)C1CCC(C(=O)NCc2cccc(Cl)c2)CC1. The summed E-state index contributed by atoms with van der Waals surface area (Å²) in [6, 6.07) is 7.65. The van der Waals surface area contributed by atoms with Gasteiger partial charge in [0.1, 0.15) is 0 Å². The maximum absolute atomic E-state index is 12.3. The summed E-state index contributed by atoms with van der Waals surface area (Å²) >= 11 is 5.95. The monoisotopic (exact) mass is 307 g/mol. The Hall–Kier alpha value is -1.02. The Labute approximate surface area is 133 Å². The minimum Gasteiger partial charge on any atom is -0.352 e. The van der Waals surface area contributed by atoms with Crippen molar-refractivity contribution in [1.82, 2.24) is 5.32 Å². The van der Waals surface area contributed by atoms with Crippen LogP contribution >= 0.6 is 11.6 Å². The third-order valence-electron chi connectivity index (χ3n) is 4.68. The largest absolute Gasteiger partial charge is 0.352 e. The summed E-state index contributed by atoms with van der Waals surface area (Å²) in [6.45, 7) is 7.48. The lowest BCUT2D eigenvalue weighted by Gasteiger charge is -2.36. The van der Waals surface area contributed by atoms with Gasteiger partial charge in [0.2, 0.25) is 5.91 Å². The van der Waals surface area contributed by atoms with Crippen molar-refractivity contribution in [3.05, 3.63) is 34.9 Å². The highest BCUT2D eigenvalue weighted by Crippen LogP contribution is 2.39. The molecule has 1 aliphatic carbocycles. The van der Waals surface area contributed by atoms with Crippen LogP contribution in [-0.2, 0) is 11.3 Å². The molecule has 116 valence electrons. The fourth-order valence-corrected chi connectivity index (χ4v) is 3.41. The highest BCUT2D eigenvalue weighted by atomic mass is 35.5. The van der Waals surface area contributed by atoms with Crippen molar-refractivity contribution < 1.29 is 4.79 Å². The topological polar surface area (TPSA) is 29.1 Å². The fraction of sp³-hybridized carbons (Fsp3) is 0.611. The van der Waals surface area contributed by atoms with Gasteiger partial charge in [0.15, 0.2) is 0 Å². The summed E-state index contributed by atoms with van der Waals surface area (Å²) in [5, 5.41) is 3.77. The van der Waals surface area contributed by atoms with E-state index in [0.717, 1.165) is 24.3 Å². The van der Waals surface area contributed by atoms with Crippen LogP contribution in [0.25, 0.3) is 0 Å². The molecule has 1 aliphatic rings. The molecule has 0 spiro atoms.